The summed E-state index contributed by atoms with van der Waals surface area (Å²) in [5, 5.41) is 7.00. The summed E-state index contributed by atoms with van der Waals surface area (Å²) >= 11 is 0. The van der Waals surface area contributed by atoms with Crippen LogP contribution in [-0.2, 0) is 13.8 Å². The third kappa shape index (κ3) is 1.80. The topological polar surface area (TPSA) is 75.1 Å². The monoisotopic (exact) mass is 205 g/mol. The Kier molecular flexibility index (Phi) is 2.16. The summed E-state index contributed by atoms with van der Waals surface area (Å²) in [6.07, 6.45) is 2.99. The summed E-state index contributed by atoms with van der Waals surface area (Å²) in [4.78, 5) is 10.4. The van der Waals surface area contributed by atoms with Crippen molar-refractivity contribution in [2.75, 3.05) is 0 Å². The molecule has 0 atom stereocenters. The van der Waals surface area contributed by atoms with Crippen LogP contribution >= 0.6 is 10.7 Å². The highest BCUT2D eigenvalue weighted by Gasteiger charge is 2.17. The van der Waals surface area contributed by atoms with Gasteiger partial charge in [-0.3, -0.25) is 10.2 Å². The Morgan fingerprint density at radius 3 is 2.33 bits per heavy atom. The van der Waals surface area contributed by atoms with Gasteiger partial charge in [-0.25, -0.2) is 8.42 Å². The van der Waals surface area contributed by atoms with Gasteiger partial charge in [-0.05, 0) is 18.2 Å². The molecule has 0 unspecified atom stereocenters. The highest BCUT2D eigenvalue weighted by Crippen LogP contribution is 2.16. The van der Waals surface area contributed by atoms with E-state index in [4.69, 9.17) is 16.1 Å². The van der Waals surface area contributed by atoms with E-state index in [2.05, 4.69) is 0 Å². The average Bonchev–Trinajstić information content (AvgIpc) is 1.92. The molecule has 0 aromatic carbocycles. The molecule has 1 N–H and O–H groups in total. The summed E-state index contributed by atoms with van der Waals surface area (Å²) in [6.45, 7) is 0. The Morgan fingerprint density at radius 1 is 1.33 bits per heavy atom. The van der Waals surface area contributed by atoms with Crippen LogP contribution < -0.4 is 0 Å². The van der Waals surface area contributed by atoms with Crippen molar-refractivity contribution in [2.45, 2.75) is 0 Å². The van der Waals surface area contributed by atoms with Crippen LogP contribution in [0.5, 0.6) is 0 Å². The van der Waals surface area contributed by atoms with Gasteiger partial charge >= 0.3 is 0 Å². The number of halogens is 1. The molecule has 64 valence electrons. The van der Waals surface area contributed by atoms with Gasteiger partial charge in [-0.1, -0.05) is 0 Å². The molecule has 6 heteroatoms. The molecule has 0 spiro atoms. The first-order chi connectivity index (χ1) is 5.41. The molecule has 1 rings (SSSR count). The van der Waals surface area contributed by atoms with E-state index in [1.807, 2.05) is 0 Å². The second kappa shape index (κ2) is 2.84. The number of carbonyl (C=O) groups excluding carboxylic acids is 1. The molecule has 0 amide bonds. The SMILES string of the molecule is N=C1C=C(S(=O)(=O)Cl)C=CC1=O. The van der Waals surface area contributed by atoms with Crippen molar-refractivity contribution in [3.8, 4) is 0 Å². The van der Waals surface area contributed by atoms with Crippen LogP contribution in [0, 0.1) is 5.41 Å². The third-order valence-electron chi connectivity index (χ3n) is 1.23. The van der Waals surface area contributed by atoms with Crippen LogP contribution in [0.3, 0.4) is 0 Å². The highest BCUT2D eigenvalue weighted by atomic mass is 35.7. The third-order valence-corrected chi connectivity index (χ3v) is 2.58. The molecule has 0 saturated heterocycles. The molecule has 1 aliphatic rings. The van der Waals surface area contributed by atoms with Crippen LogP contribution in [0.1, 0.15) is 0 Å². The summed E-state index contributed by atoms with van der Waals surface area (Å²) in [6, 6.07) is 0. The van der Waals surface area contributed by atoms with Gasteiger partial charge in [0.1, 0.15) is 5.71 Å². The van der Waals surface area contributed by atoms with Crippen molar-refractivity contribution in [3.63, 3.8) is 0 Å². The molecule has 0 aliphatic heterocycles. The number of carbonyl (C=O) groups is 1. The second-order valence-electron chi connectivity index (χ2n) is 2.10. The zero-order valence-electron chi connectivity index (χ0n) is 5.74. The first-order valence-electron chi connectivity index (χ1n) is 2.88. The van der Waals surface area contributed by atoms with Crippen LogP contribution in [0.15, 0.2) is 23.1 Å². The van der Waals surface area contributed by atoms with Gasteiger partial charge in [0.15, 0.2) is 0 Å². The van der Waals surface area contributed by atoms with Gasteiger partial charge in [-0.15, -0.1) is 0 Å². The number of hydrogen-bond acceptors (Lipinski definition) is 4. The number of ketones is 1. The summed E-state index contributed by atoms with van der Waals surface area (Å²) in [7, 11) is 1.14. The number of allylic oxidation sites excluding steroid dienone is 3. The fraction of sp³-hybridized carbons (Fsp3) is 0. The Morgan fingerprint density at radius 2 is 1.92 bits per heavy atom. The molecule has 0 aromatic heterocycles. The largest absolute Gasteiger partial charge is 0.297 e. The first kappa shape index (κ1) is 9.15. The fourth-order valence-corrected chi connectivity index (χ4v) is 1.44. The van der Waals surface area contributed by atoms with E-state index < -0.39 is 14.8 Å². The molecule has 0 aromatic rings. The lowest BCUT2D eigenvalue weighted by Gasteiger charge is -2.01. The first-order valence-corrected chi connectivity index (χ1v) is 5.19. The van der Waals surface area contributed by atoms with Crippen LogP contribution in [-0.4, -0.2) is 19.9 Å². The number of nitrogens with one attached hydrogen (secondary N) is 1. The molecule has 0 bridgehead atoms. The highest BCUT2D eigenvalue weighted by molar-refractivity contribution is 8.17. The predicted molar refractivity (Wildman–Crippen MR) is 44.7 cm³/mol. The van der Waals surface area contributed by atoms with Gasteiger partial charge in [0.25, 0.3) is 9.05 Å². The lowest BCUT2D eigenvalue weighted by Crippen LogP contribution is -2.12. The van der Waals surface area contributed by atoms with E-state index in [9.17, 15) is 13.2 Å². The molecule has 0 fully saturated rings. The minimum absolute atomic E-state index is 0.228. The van der Waals surface area contributed by atoms with Crippen molar-refractivity contribution in [1.29, 1.82) is 5.41 Å². The zero-order chi connectivity index (χ0) is 9.35. The van der Waals surface area contributed by atoms with E-state index >= 15 is 0 Å². The van der Waals surface area contributed by atoms with E-state index in [-0.39, 0.29) is 10.6 Å². The van der Waals surface area contributed by atoms with Crippen molar-refractivity contribution in [3.05, 3.63) is 23.1 Å². The summed E-state index contributed by atoms with van der Waals surface area (Å²) in [5.74, 6) is -0.529. The maximum absolute atomic E-state index is 10.7. The van der Waals surface area contributed by atoms with Crippen molar-refractivity contribution in [1.82, 2.24) is 0 Å². The standard InChI is InChI=1S/C6H4ClNO3S/c7-12(10,11)4-1-2-6(9)5(8)3-4/h1-3,8H. The van der Waals surface area contributed by atoms with Gasteiger partial charge < -0.3 is 0 Å². The predicted octanol–water partition coefficient (Wildman–Crippen LogP) is 0.598. The maximum Gasteiger partial charge on any atom is 0.261 e. The van der Waals surface area contributed by atoms with Crippen LogP contribution in [0.2, 0.25) is 0 Å². The van der Waals surface area contributed by atoms with Crippen molar-refractivity contribution >= 4 is 31.2 Å². The minimum atomic E-state index is -3.83. The van der Waals surface area contributed by atoms with Crippen molar-refractivity contribution in [2.24, 2.45) is 0 Å². The Balaban J connectivity index is 3.16. The maximum atomic E-state index is 10.7. The van der Waals surface area contributed by atoms with Gasteiger partial charge in [0.2, 0.25) is 5.78 Å². The van der Waals surface area contributed by atoms with E-state index in [0.717, 1.165) is 18.2 Å². The van der Waals surface area contributed by atoms with E-state index in [1.54, 1.807) is 0 Å². The van der Waals surface area contributed by atoms with Gasteiger partial charge in [0, 0.05) is 10.7 Å². The Hall–Kier alpha value is -0.940. The smallest absolute Gasteiger partial charge is 0.261 e. The summed E-state index contributed by atoms with van der Waals surface area (Å²) in [5.41, 5.74) is -0.378. The summed E-state index contributed by atoms with van der Waals surface area (Å²) < 4.78 is 21.4. The number of rotatable bonds is 1. The molecule has 0 heterocycles. The van der Waals surface area contributed by atoms with E-state index in [0.29, 0.717) is 0 Å². The minimum Gasteiger partial charge on any atom is -0.297 e. The quantitative estimate of drug-likeness (QED) is 0.503. The van der Waals surface area contributed by atoms with Gasteiger partial charge in [-0.2, -0.15) is 0 Å². The van der Waals surface area contributed by atoms with Crippen LogP contribution in [0.25, 0.3) is 0 Å². The van der Waals surface area contributed by atoms with Crippen LogP contribution in [0.4, 0.5) is 0 Å². The Bertz CT molecular complexity index is 405. The molecular formula is C6H4ClNO3S. The normalized spacial score (nSPS) is 17.9. The van der Waals surface area contributed by atoms with E-state index in [1.165, 1.54) is 0 Å². The number of hydrogen-bond donors (Lipinski definition) is 1. The molecule has 0 saturated carbocycles. The Labute approximate surface area is 73.5 Å². The average molecular weight is 206 g/mol. The lowest BCUT2D eigenvalue weighted by atomic mass is 10.1. The second-order valence-corrected chi connectivity index (χ2v) is 4.66. The molecular weight excluding hydrogens is 202 g/mol. The lowest BCUT2D eigenvalue weighted by molar-refractivity contribution is -0.108. The van der Waals surface area contributed by atoms with Crippen molar-refractivity contribution < 1.29 is 13.2 Å². The molecule has 1 aliphatic carbocycles. The zero-order valence-corrected chi connectivity index (χ0v) is 7.32. The molecule has 4 nitrogen and oxygen atoms in total. The fourth-order valence-electron chi connectivity index (χ4n) is 0.661. The molecule has 12 heavy (non-hydrogen) atoms. The molecule has 0 radical (unpaired) electrons. The van der Waals surface area contributed by atoms with Gasteiger partial charge in [0.05, 0.1) is 4.91 Å².